The van der Waals surface area contributed by atoms with E-state index in [1.54, 1.807) is 12.3 Å². The molecule has 3 aromatic heterocycles. The summed E-state index contributed by atoms with van der Waals surface area (Å²) < 4.78 is 40.3. The molecule has 3 N–H and O–H groups in total. The number of nitrogens with one attached hydrogen (secondary N) is 1. The van der Waals surface area contributed by atoms with Crippen molar-refractivity contribution >= 4 is 34.0 Å². The highest BCUT2D eigenvalue weighted by Crippen LogP contribution is 2.41. The second kappa shape index (κ2) is 8.93. The summed E-state index contributed by atoms with van der Waals surface area (Å²) in [6, 6.07) is 5.82. The summed E-state index contributed by atoms with van der Waals surface area (Å²) in [7, 11) is 0. The lowest BCUT2D eigenvalue weighted by Crippen LogP contribution is -2.51. The smallest absolute Gasteiger partial charge is 0.319 e. The van der Waals surface area contributed by atoms with Gasteiger partial charge < -0.3 is 25.1 Å². The van der Waals surface area contributed by atoms with Gasteiger partial charge in [0.1, 0.15) is 23.8 Å². The van der Waals surface area contributed by atoms with Crippen LogP contribution in [0.2, 0.25) is 0 Å². The second-order valence-electron chi connectivity index (χ2n) is 11.7. The fraction of sp³-hybridized carbons (Fsp3) is 0.500. The number of nitrogens with two attached hydrogens (primary N) is 1. The van der Waals surface area contributed by atoms with Crippen LogP contribution in [0.5, 0.6) is 6.01 Å². The van der Waals surface area contributed by atoms with Crippen molar-refractivity contribution in [2.75, 3.05) is 43.4 Å². The maximum absolute atomic E-state index is 14.4. The highest BCUT2D eigenvalue weighted by Gasteiger charge is 2.49. The molecule has 4 aliphatic heterocycles. The predicted octanol–water partition coefficient (Wildman–Crippen LogP) is 3.45. The molecule has 4 saturated heterocycles. The molecule has 7 heterocycles. The number of hydrogen-bond acceptors (Lipinski definition) is 10. The monoisotopic (exact) mass is 548 g/mol. The Morgan fingerprint density at radius 3 is 2.83 bits per heavy atom. The summed E-state index contributed by atoms with van der Waals surface area (Å²) in [5, 5.41) is 3.66. The topological polar surface area (TPSA) is 118 Å². The highest BCUT2D eigenvalue weighted by molar-refractivity contribution is 5.95. The highest BCUT2D eigenvalue weighted by atomic mass is 19.1. The molecule has 10 nitrogen and oxygen atoms in total. The zero-order valence-electron chi connectivity index (χ0n) is 21.9. The standard InChI is InChI=1S/C28H30F2N8O2/c29-16-9-28(6-1-7-38(28)11-16)14-39-27-34-21-8-15(19-4-5-20(30)24-22(19)35-26(31)40-24)10-32-23(21)25(36-27)37-12-17-2-3-18(13-37)33-17/h4-5,8,10,16-18,33H,1-3,6-7,9,11-14H2,(H2,31,35)/t16-,17?,18?,28?/m1/s1. The Hall–Kier alpha value is -3.64. The number of hydrogen-bond donors (Lipinski definition) is 2. The maximum Gasteiger partial charge on any atom is 0.319 e. The predicted molar refractivity (Wildman–Crippen MR) is 145 cm³/mol. The molecule has 3 unspecified atom stereocenters. The number of benzene rings is 1. The van der Waals surface area contributed by atoms with Crippen LogP contribution in [0.15, 0.2) is 28.8 Å². The molecule has 4 atom stereocenters. The van der Waals surface area contributed by atoms with Crippen molar-refractivity contribution in [1.29, 1.82) is 0 Å². The van der Waals surface area contributed by atoms with Gasteiger partial charge in [-0.3, -0.25) is 9.88 Å². The zero-order chi connectivity index (χ0) is 27.0. The number of nitrogens with zero attached hydrogens (tertiary/aromatic N) is 6. The number of piperazine rings is 1. The minimum atomic E-state index is -0.835. The minimum Gasteiger partial charge on any atom is -0.461 e. The quantitative estimate of drug-likeness (QED) is 0.384. The molecular weight excluding hydrogens is 518 g/mol. The molecule has 0 saturated carbocycles. The molecule has 208 valence electrons. The number of pyridine rings is 1. The molecule has 0 aliphatic carbocycles. The first-order chi connectivity index (χ1) is 19.4. The molecule has 40 heavy (non-hydrogen) atoms. The van der Waals surface area contributed by atoms with E-state index in [-0.39, 0.29) is 23.1 Å². The number of anilines is 2. The molecule has 0 amide bonds. The van der Waals surface area contributed by atoms with E-state index in [0.29, 0.717) is 59.3 Å². The number of aromatic nitrogens is 4. The lowest BCUT2D eigenvalue weighted by Gasteiger charge is -2.34. The van der Waals surface area contributed by atoms with Crippen LogP contribution in [-0.2, 0) is 0 Å². The third-order valence-electron chi connectivity index (χ3n) is 9.07. The van der Waals surface area contributed by atoms with Gasteiger partial charge in [-0.15, -0.1) is 0 Å². The van der Waals surface area contributed by atoms with Crippen LogP contribution < -0.4 is 20.7 Å². The van der Waals surface area contributed by atoms with Crippen molar-refractivity contribution < 1.29 is 17.9 Å². The first-order valence-corrected chi connectivity index (χ1v) is 14.0. The molecule has 12 heteroatoms. The van der Waals surface area contributed by atoms with Gasteiger partial charge in [0.25, 0.3) is 6.01 Å². The van der Waals surface area contributed by atoms with Gasteiger partial charge in [0, 0.05) is 55.5 Å². The van der Waals surface area contributed by atoms with Gasteiger partial charge in [0.05, 0.1) is 11.1 Å². The third-order valence-corrected chi connectivity index (χ3v) is 9.07. The summed E-state index contributed by atoms with van der Waals surface area (Å²) in [5.41, 5.74) is 8.36. The average Bonchev–Trinajstić information content (AvgIpc) is 3.69. The largest absolute Gasteiger partial charge is 0.461 e. The fourth-order valence-corrected chi connectivity index (χ4v) is 7.26. The van der Waals surface area contributed by atoms with Crippen LogP contribution in [0.1, 0.15) is 32.1 Å². The fourth-order valence-electron chi connectivity index (χ4n) is 7.26. The molecule has 4 fully saturated rings. The molecule has 4 aliphatic rings. The van der Waals surface area contributed by atoms with Crippen LogP contribution in [0.25, 0.3) is 33.3 Å². The number of oxazole rings is 1. The Morgan fingerprint density at radius 1 is 1.12 bits per heavy atom. The Balaban J connectivity index is 1.21. The first kappa shape index (κ1) is 24.2. The summed E-state index contributed by atoms with van der Waals surface area (Å²) in [6.07, 6.45) is 5.57. The van der Waals surface area contributed by atoms with Crippen LogP contribution in [0.4, 0.5) is 20.6 Å². The van der Waals surface area contributed by atoms with Gasteiger partial charge in [0.2, 0.25) is 0 Å². The van der Waals surface area contributed by atoms with Crippen LogP contribution in [0, 0.1) is 5.82 Å². The van der Waals surface area contributed by atoms with E-state index >= 15 is 0 Å². The lowest BCUT2D eigenvalue weighted by molar-refractivity contribution is 0.107. The number of fused-ring (bicyclic) bond motifs is 5. The lowest BCUT2D eigenvalue weighted by atomic mass is 9.95. The number of nitrogen functional groups attached to an aromatic ring is 1. The van der Waals surface area contributed by atoms with Gasteiger partial charge in [-0.1, -0.05) is 0 Å². The summed E-state index contributed by atoms with van der Waals surface area (Å²) >= 11 is 0. The van der Waals surface area contributed by atoms with Crippen molar-refractivity contribution in [3.05, 3.63) is 30.2 Å². The van der Waals surface area contributed by atoms with E-state index in [1.165, 1.54) is 6.07 Å². The van der Waals surface area contributed by atoms with Gasteiger partial charge in [-0.05, 0) is 50.4 Å². The molecule has 8 rings (SSSR count). The molecule has 4 aromatic rings. The van der Waals surface area contributed by atoms with Gasteiger partial charge >= 0.3 is 6.01 Å². The second-order valence-corrected chi connectivity index (χ2v) is 11.7. The number of ether oxygens (including phenoxy) is 1. The zero-order valence-corrected chi connectivity index (χ0v) is 21.9. The van der Waals surface area contributed by atoms with Crippen molar-refractivity contribution in [2.24, 2.45) is 0 Å². The van der Waals surface area contributed by atoms with Crippen molar-refractivity contribution in [3.63, 3.8) is 0 Å². The normalized spacial score (nSPS) is 28.1. The Bertz CT molecular complexity index is 1620. The van der Waals surface area contributed by atoms with E-state index in [2.05, 4.69) is 20.1 Å². The average molecular weight is 549 g/mol. The van der Waals surface area contributed by atoms with Crippen LogP contribution in [-0.4, -0.2) is 81.4 Å². The first-order valence-electron chi connectivity index (χ1n) is 14.0. The number of halogens is 2. The molecule has 0 radical (unpaired) electrons. The van der Waals surface area contributed by atoms with E-state index in [1.807, 2.05) is 6.07 Å². The van der Waals surface area contributed by atoms with Gasteiger partial charge in [0.15, 0.2) is 17.2 Å². The Labute approximate surface area is 228 Å². The summed E-state index contributed by atoms with van der Waals surface area (Å²) in [4.78, 5) is 23.1. The number of alkyl halides is 1. The third kappa shape index (κ3) is 3.87. The van der Waals surface area contributed by atoms with Crippen molar-refractivity contribution in [3.8, 4) is 17.1 Å². The van der Waals surface area contributed by atoms with Crippen molar-refractivity contribution in [2.45, 2.75) is 55.9 Å². The van der Waals surface area contributed by atoms with Gasteiger partial charge in [-0.25, -0.2) is 8.78 Å². The SMILES string of the molecule is Nc1nc2c(-c3cnc4c(N5CC6CCC(C5)N6)nc(OCC56CCCN5C[C@H](F)C6)nc4c3)ccc(F)c2o1. The van der Waals surface area contributed by atoms with E-state index in [0.717, 1.165) is 51.1 Å². The molecule has 1 aromatic carbocycles. The molecule has 0 spiro atoms. The summed E-state index contributed by atoms with van der Waals surface area (Å²) in [6.45, 7) is 3.34. The van der Waals surface area contributed by atoms with Crippen LogP contribution >= 0.6 is 0 Å². The maximum atomic E-state index is 14.4. The van der Waals surface area contributed by atoms with E-state index in [4.69, 9.17) is 29.8 Å². The van der Waals surface area contributed by atoms with E-state index in [9.17, 15) is 8.78 Å². The summed E-state index contributed by atoms with van der Waals surface area (Å²) in [5.74, 6) is 0.198. The van der Waals surface area contributed by atoms with Crippen LogP contribution in [0.3, 0.4) is 0 Å². The minimum absolute atomic E-state index is 0.00175. The number of rotatable bonds is 5. The Kier molecular flexibility index (Phi) is 5.40. The Morgan fingerprint density at radius 2 is 1.98 bits per heavy atom. The van der Waals surface area contributed by atoms with E-state index < -0.39 is 12.0 Å². The van der Waals surface area contributed by atoms with Gasteiger partial charge in [-0.2, -0.15) is 15.0 Å². The van der Waals surface area contributed by atoms with Crippen molar-refractivity contribution in [1.82, 2.24) is 30.2 Å². The molecular formula is C28H30F2N8O2. The molecule has 2 bridgehead atoms.